The number of likely N-dealkylation sites (tertiary alicyclic amines) is 2. The molecule has 32 heavy (non-hydrogen) atoms. The standard InChI is InChI=1S/C26H30N2O4/c29-23-17-22-16-20(8-10-26(32)28-13-5-2-6-14-28)24(30)18-21(22)15-19(23)7-9-25(31)27-11-3-1-4-12-27/h7-10,15-18,29-30H,1-6,11-14H2/b9-7+,10-8+. The number of benzene rings is 2. The van der Waals surface area contributed by atoms with Gasteiger partial charge in [0.1, 0.15) is 11.5 Å². The maximum atomic E-state index is 12.4. The van der Waals surface area contributed by atoms with Crippen LogP contribution in [0.5, 0.6) is 11.5 Å². The number of nitrogens with zero attached hydrogens (tertiary/aromatic N) is 2. The summed E-state index contributed by atoms with van der Waals surface area (Å²) in [6.07, 6.45) is 12.7. The predicted molar refractivity (Wildman–Crippen MR) is 126 cm³/mol. The lowest BCUT2D eigenvalue weighted by Crippen LogP contribution is -2.34. The zero-order valence-electron chi connectivity index (χ0n) is 18.3. The number of phenols is 2. The van der Waals surface area contributed by atoms with Crippen LogP contribution in [-0.4, -0.2) is 58.0 Å². The monoisotopic (exact) mass is 434 g/mol. The normalized spacial score (nSPS) is 17.5. The summed E-state index contributed by atoms with van der Waals surface area (Å²) in [5.74, 6) is 0.0206. The van der Waals surface area contributed by atoms with Crippen molar-refractivity contribution < 1.29 is 19.8 Å². The lowest BCUT2D eigenvalue weighted by atomic mass is 10.0. The molecule has 0 bridgehead atoms. The second kappa shape index (κ2) is 9.90. The molecule has 2 amide bonds. The molecule has 0 aromatic heterocycles. The average Bonchev–Trinajstić information content (AvgIpc) is 2.82. The molecule has 0 radical (unpaired) electrons. The zero-order chi connectivity index (χ0) is 22.5. The Morgan fingerprint density at radius 1 is 0.625 bits per heavy atom. The van der Waals surface area contributed by atoms with Crippen LogP contribution in [0.4, 0.5) is 0 Å². The van der Waals surface area contributed by atoms with Gasteiger partial charge in [0.05, 0.1) is 0 Å². The van der Waals surface area contributed by atoms with Gasteiger partial charge in [0.2, 0.25) is 11.8 Å². The highest BCUT2D eigenvalue weighted by molar-refractivity contribution is 5.96. The molecule has 4 rings (SSSR count). The number of aromatic hydroxyl groups is 2. The van der Waals surface area contributed by atoms with E-state index in [9.17, 15) is 19.8 Å². The molecule has 0 aliphatic carbocycles. The Labute approximate surface area is 188 Å². The Hall–Kier alpha value is -3.28. The van der Waals surface area contributed by atoms with Crippen LogP contribution in [0.1, 0.15) is 49.7 Å². The summed E-state index contributed by atoms with van der Waals surface area (Å²) in [7, 11) is 0. The van der Waals surface area contributed by atoms with Crippen molar-refractivity contribution in [2.75, 3.05) is 26.2 Å². The number of phenolic OH excluding ortho intramolecular Hbond substituents is 2. The summed E-state index contributed by atoms with van der Waals surface area (Å²) in [4.78, 5) is 28.4. The zero-order valence-corrected chi connectivity index (χ0v) is 18.3. The number of hydrogen-bond acceptors (Lipinski definition) is 4. The minimum atomic E-state index is -0.0501. The summed E-state index contributed by atoms with van der Waals surface area (Å²) < 4.78 is 0. The molecule has 2 fully saturated rings. The van der Waals surface area contributed by atoms with E-state index in [1.54, 1.807) is 36.4 Å². The molecule has 2 aliphatic rings. The fourth-order valence-electron chi connectivity index (χ4n) is 4.39. The molecule has 2 heterocycles. The van der Waals surface area contributed by atoms with Gasteiger partial charge in [0, 0.05) is 49.5 Å². The molecule has 0 spiro atoms. The quantitative estimate of drug-likeness (QED) is 0.703. The van der Waals surface area contributed by atoms with Gasteiger partial charge in [-0.05, 0) is 85.7 Å². The molecule has 6 nitrogen and oxygen atoms in total. The van der Waals surface area contributed by atoms with Gasteiger partial charge in [0.15, 0.2) is 0 Å². The van der Waals surface area contributed by atoms with Crippen molar-refractivity contribution in [3.8, 4) is 11.5 Å². The SMILES string of the molecule is O=C(/C=C/c1cc2cc(O)c(/C=C/C(=O)N3CCCCC3)cc2cc1O)N1CCCCC1. The number of hydrogen-bond donors (Lipinski definition) is 2. The number of amides is 2. The smallest absolute Gasteiger partial charge is 0.246 e. The Balaban J connectivity index is 1.52. The first-order valence-corrected chi connectivity index (χ1v) is 11.4. The van der Waals surface area contributed by atoms with Crippen LogP contribution in [0, 0.1) is 0 Å². The molecule has 0 unspecified atom stereocenters. The largest absolute Gasteiger partial charge is 0.507 e. The Morgan fingerprint density at radius 2 is 1.00 bits per heavy atom. The van der Waals surface area contributed by atoms with Gasteiger partial charge in [-0.2, -0.15) is 0 Å². The molecule has 0 saturated carbocycles. The number of rotatable bonds is 4. The second-order valence-corrected chi connectivity index (χ2v) is 8.61. The van der Waals surface area contributed by atoms with E-state index >= 15 is 0 Å². The fourth-order valence-corrected chi connectivity index (χ4v) is 4.39. The van der Waals surface area contributed by atoms with Gasteiger partial charge in [-0.25, -0.2) is 0 Å². The summed E-state index contributed by atoms with van der Waals surface area (Å²) in [6, 6.07) is 6.72. The van der Waals surface area contributed by atoms with Gasteiger partial charge in [-0.3, -0.25) is 9.59 Å². The van der Waals surface area contributed by atoms with Crippen molar-refractivity contribution in [2.45, 2.75) is 38.5 Å². The highest BCUT2D eigenvalue weighted by Gasteiger charge is 2.15. The van der Waals surface area contributed by atoms with E-state index in [1.165, 1.54) is 12.2 Å². The lowest BCUT2D eigenvalue weighted by Gasteiger charge is -2.25. The van der Waals surface area contributed by atoms with E-state index in [0.29, 0.717) is 11.1 Å². The van der Waals surface area contributed by atoms with Crippen molar-refractivity contribution in [3.05, 3.63) is 47.5 Å². The first kappa shape index (κ1) is 21.9. The van der Waals surface area contributed by atoms with E-state index in [-0.39, 0.29) is 23.3 Å². The van der Waals surface area contributed by atoms with Crippen LogP contribution in [0.25, 0.3) is 22.9 Å². The van der Waals surface area contributed by atoms with E-state index < -0.39 is 0 Å². The van der Waals surface area contributed by atoms with Crippen LogP contribution < -0.4 is 0 Å². The van der Waals surface area contributed by atoms with Crippen molar-refractivity contribution in [3.63, 3.8) is 0 Å². The van der Waals surface area contributed by atoms with Crippen molar-refractivity contribution >= 4 is 34.7 Å². The molecule has 2 aliphatic heterocycles. The summed E-state index contributed by atoms with van der Waals surface area (Å²) >= 11 is 0. The highest BCUT2D eigenvalue weighted by Crippen LogP contribution is 2.31. The van der Waals surface area contributed by atoms with Crippen LogP contribution in [-0.2, 0) is 9.59 Å². The Kier molecular flexibility index (Phi) is 6.78. The maximum absolute atomic E-state index is 12.4. The molecular formula is C26H30N2O4. The minimum absolute atomic E-state index is 0.0501. The number of piperidine rings is 2. The van der Waals surface area contributed by atoms with Crippen LogP contribution in [0.3, 0.4) is 0 Å². The molecule has 2 aromatic carbocycles. The topological polar surface area (TPSA) is 81.1 Å². The highest BCUT2D eigenvalue weighted by atomic mass is 16.3. The summed E-state index contributed by atoms with van der Waals surface area (Å²) in [5.41, 5.74) is 1.04. The van der Waals surface area contributed by atoms with Crippen LogP contribution >= 0.6 is 0 Å². The van der Waals surface area contributed by atoms with E-state index in [2.05, 4.69) is 0 Å². The van der Waals surface area contributed by atoms with Gasteiger partial charge >= 0.3 is 0 Å². The third-order valence-corrected chi connectivity index (χ3v) is 6.28. The van der Waals surface area contributed by atoms with Crippen LogP contribution in [0.15, 0.2) is 36.4 Å². The van der Waals surface area contributed by atoms with Gasteiger partial charge in [-0.1, -0.05) is 0 Å². The number of fused-ring (bicyclic) bond motifs is 1. The van der Waals surface area contributed by atoms with E-state index in [1.807, 2.05) is 9.80 Å². The lowest BCUT2D eigenvalue weighted by molar-refractivity contribution is -0.127. The Morgan fingerprint density at radius 3 is 1.38 bits per heavy atom. The van der Waals surface area contributed by atoms with Crippen LogP contribution in [0.2, 0.25) is 0 Å². The second-order valence-electron chi connectivity index (χ2n) is 8.61. The number of carbonyl (C=O) groups is 2. The van der Waals surface area contributed by atoms with Crippen molar-refractivity contribution in [1.29, 1.82) is 0 Å². The van der Waals surface area contributed by atoms with Crippen molar-refractivity contribution in [2.24, 2.45) is 0 Å². The summed E-state index contributed by atoms with van der Waals surface area (Å²) in [6.45, 7) is 3.10. The molecule has 6 heteroatoms. The first-order chi connectivity index (χ1) is 15.5. The molecule has 0 atom stereocenters. The molecule has 168 valence electrons. The van der Waals surface area contributed by atoms with Gasteiger partial charge in [-0.15, -0.1) is 0 Å². The van der Waals surface area contributed by atoms with Crippen molar-refractivity contribution in [1.82, 2.24) is 9.80 Å². The maximum Gasteiger partial charge on any atom is 0.246 e. The number of carbonyl (C=O) groups excluding carboxylic acids is 2. The predicted octanol–water partition coefficient (Wildman–Crippen LogP) is 4.30. The molecule has 2 saturated heterocycles. The minimum Gasteiger partial charge on any atom is -0.507 e. The fraction of sp³-hybridized carbons (Fsp3) is 0.385. The summed E-state index contributed by atoms with van der Waals surface area (Å²) in [5, 5.41) is 22.4. The first-order valence-electron chi connectivity index (χ1n) is 11.4. The molecule has 2 aromatic rings. The third kappa shape index (κ3) is 5.13. The Bertz CT molecular complexity index is 976. The molecule has 2 N–H and O–H groups in total. The van der Waals surface area contributed by atoms with Gasteiger partial charge < -0.3 is 20.0 Å². The van der Waals surface area contributed by atoms with E-state index in [4.69, 9.17) is 0 Å². The van der Waals surface area contributed by atoms with E-state index in [0.717, 1.165) is 75.5 Å². The average molecular weight is 435 g/mol. The third-order valence-electron chi connectivity index (χ3n) is 6.28. The molecular weight excluding hydrogens is 404 g/mol. The van der Waals surface area contributed by atoms with Gasteiger partial charge in [0.25, 0.3) is 0 Å².